The molecule has 2 aliphatic rings. The van der Waals surface area contributed by atoms with E-state index in [1.807, 2.05) is 44.2 Å². The molecule has 1 N–H and O–H groups in total. The molecule has 35 heavy (non-hydrogen) atoms. The molecule has 0 unspecified atom stereocenters. The van der Waals surface area contributed by atoms with Crippen molar-refractivity contribution in [1.82, 2.24) is 5.32 Å². The third-order valence-electron chi connectivity index (χ3n) is 6.64. The van der Waals surface area contributed by atoms with Crippen molar-refractivity contribution in [3.63, 3.8) is 0 Å². The number of rotatable bonds is 4. The molecule has 6 nitrogen and oxygen atoms in total. The SMILES string of the molecule is CCN1c2cc(OC)c(/C=C3/C(=O)NC(=S)N(c4ccc(C)cc4C)C3=O)cc2C(C)=CC1(C)C. The van der Waals surface area contributed by atoms with Gasteiger partial charge in [0.2, 0.25) is 0 Å². The van der Waals surface area contributed by atoms with Gasteiger partial charge < -0.3 is 9.64 Å². The van der Waals surface area contributed by atoms with Gasteiger partial charge in [-0.3, -0.25) is 19.8 Å². The van der Waals surface area contributed by atoms with Crippen molar-refractivity contribution in [1.29, 1.82) is 0 Å². The molecule has 2 amide bonds. The van der Waals surface area contributed by atoms with Gasteiger partial charge in [0.15, 0.2) is 5.11 Å². The normalized spacial score (nSPS) is 18.4. The predicted molar refractivity (Wildman–Crippen MR) is 146 cm³/mol. The van der Waals surface area contributed by atoms with Crippen LogP contribution in [-0.4, -0.2) is 36.1 Å². The number of methoxy groups -OCH3 is 1. The standard InChI is InChI=1S/C28H31N3O3S/c1-8-30-23-14-24(34-7)19(12-20(23)18(4)15-28(30,5)6)13-21-25(32)29-27(35)31(26(21)33)22-10-9-16(2)11-17(22)3/h9-15H,8H2,1-7H3,(H,29,32,35)/b21-13-. The van der Waals surface area contributed by atoms with E-state index in [0.717, 1.165) is 34.5 Å². The van der Waals surface area contributed by atoms with E-state index in [1.165, 1.54) is 4.90 Å². The summed E-state index contributed by atoms with van der Waals surface area (Å²) < 4.78 is 5.71. The van der Waals surface area contributed by atoms with Gasteiger partial charge in [-0.05, 0) is 83.1 Å². The highest BCUT2D eigenvalue weighted by molar-refractivity contribution is 7.80. The Morgan fingerprint density at radius 3 is 2.43 bits per heavy atom. The van der Waals surface area contributed by atoms with Crippen molar-refractivity contribution in [2.24, 2.45) is 0 Å². The first kappa shape index (κ1) is 24.7. The Balaban J connectivity index is 1.84. The second-order valence-electron chi connectivity index (χ2n) is 9.58. The summed E-state index contributed by atoms with van der Waals surface area (Å²) in [6, 6.07) is 9.72. The Bertz CT molecular complexity index is 1320. The molecule has 4 rings (SSSR count). The molecule has 0 saturated carbocycles. The maximum absolute atomic E-state index is 13.6. The highest BCUT2D eigenvalue weighted by atomic mass is 32.1. The molecule has 2 aromatic carbocycles. The third-order valence-corrected chi connectivity index (χ3v) is 6.92. The second kappa shape index (κ2) is 8.96. The van der Waals surface area contributed by atoms with Crippen LogP contribution in [0.1, 0.15) is 49.9 Å². The number of nitrogens with zero attached hydrogens (tertiary/aromatic N) is 2. The van der Waals surface area contributed by atoms with E-state index in [-0.39, 0.29) is 16.2 Å². The number of hydrogen-bond acceptors (Lipinski definition) is 5. The smallest absolute Gasteiger partial charge is 0.270 e. The highest BCUT2D eigenvalue weighted by Crippen LogP contribution is 2.42. The van der Waals surface area contributed by atoms with Crippen molar-refractivity contribution < 1.29 is 14.3 Å². The minimum Gasteiger partial charge on any atom is -0.496 e. The summed E-state index contributed by atoms with van der Waals surface area (Å²) in [5.74, 6) is -0.398. The van der Waals surface area contributed by atoms with Crippen molar-refractivity contribution in [3.8, 4) is 5.75 Å². The number of hydrogen-bond donors (Lipinski definition) is 1. The van der Waals surface area contributed by atoms with Crippen molar-refractivity contribution in [2.45, 2.75) is 47.1 Å². The van der Waals surface area contributed by atoms with Gasteiger partial charge in [0, 0.05) is 29.4 Å². The zero-order chi connectivity index (χ0) is 25.7. The van der Waals surface area contributed by atoms with Crippen LogP contribution in [0.25, 0.3) is 11.6 Å². The number of benzene rings is 2. The Morgan fingerprint density at radius 1 is 1.09 bits per heavy atom. The number of fused-ring (bicyclic) bond motifs is 1. The number of aryl methyl sites for hydroxylation is 2. The van der Waals surface area contributed by atoms with Crippen molar-refractivity contribution in [2.75, 3.05) is 23.5 Å². The van der Waals surface area contributed by atoms with Gasteiger partial charge in [-0.1, -0.05) is 23.8 Å². The minimum absolute atomic E-state index is 0.00180. The summed E-state index contributed by atoms with van der Waals surface area (Å²) in [6.07, 6.45) is 3.83. The first-order valence-electron chi connectivity index (χ1n) is 11.7. The van der Waals surface area contributed by atoms with Gasteiger partial charge in [0.05, 0.1) is 18.3 Å². The fraction of sp³-hybridized carbons (Fsp3) is 0.321. The first-order valence-corrected chi connectivity index (χ1v) is 12.1. The summed E-state index contributed by atoms with van der Waals surface area (Å²) in [5.41, 5.74) is 6.38. The van der Waals surface area contributed by atoms with Crippen LogP contribution in [-0.2, 0) is 9.59 Å². The van der Waals surface area contributed by atoms with E-state index in [4.69, 9.17) is 17.0 Å². The van der Waals surface area contributed by atoms with Gasteiger partial charge in [-0.15, -0.1) is 0 Å². The van der Waals surface area contributed by atoms with Crippen LogP contribution in [0, 0.1) is 13.8 Å². The summed E-state index contributed by atoms with van der Waals surface area (Å²) in [4.78, 5) is 30.2. The second-order valence-corrected chi connectivity index (χ2v) is 9.97. The van der Waals surface area contributed by atoms with E-state index in [1.54, 1.807) is 13.2 Å². The number of likely N-dealkylation sites (N-methyl/N-ethyl adjacent to an activating group) is 1. The molecule has 2 aliphatic heterocycles. The van der Waals surface area contributed by atoms with Gasteiger partial charge in [0.1, 0.15) is 11.3 Å². The number of amides is 2. The zero-order valence-electron chi connectivity index (χ0n) is 21.3. The molecule has 182 valence electrons. The van der Waals surface area contributed by atoms with Crippen LogP contribution in [0.15, 0.2) is 42.0 Å². The maximum atomic E-state index is 13.6. The van der Waals surface area contributed by atoms with Crippen molar-refractivity contribution in [3.05, 3.63) is 64.2 Å². The molecule has 0 spiro atoms. The Labute approximate surface area is 212 Å². The number of carbonyl (C=O) groups excluding carboxylic acids is 2. The van der Waals surface area contributed by atoms with E-state index in [9.17, 15) is 9.59 Å². The Morgan fingerprint density at radius 2 is 1.80 bits per heavy atom. The molecule has 7 heteroatoms. The predicted octanol–water partition coefficient (Wildman–Crippen LogP) is 5.17. The molecule has 2 aromatic rings. The fourth-order valence-electron chi connectivity index (χ4n) is 5.08. The Kier molecular flexibility index (Phi) is 6.32. The molecule has 1 fully saturated rings. The number of nitrogens with one attached hydrogen (secondary N) is 1. The molecule has 0 aromatic heterocycles. The third kappa shape index (κ3) is 4.25. The quantitative estimate of drug-likeness (QED) is 0.365. The topological polar surface area (TPSA) is 61.9 Å². The lowest BCUT2D eigenvalue weighted by Gasteiger charge is -2.43. The summed E-state index contributed by atoms with van der Waals surface area (Å²) >= 11 is 5.37. The van der Waals surface area contributed by atoms with E-state index >= 15 is 0 Å². The molecule has 0 aliphatic carbocycles. The summed E-state index contributed by atoms with van der Waals surface area (Å²) in [6.45, 7) is 13.3. The molecule has 0 bridgehead atoms. The average molecular weight is 490 g/mol. The van der Waals surface area contributed by atoms with Gasteiger partial charge in [-0.25, -0.2) is 0 Å². The fourth-order valence-corrected chi connectivity index (χ4v) is 5.35. The number of carbonyl (C=O) groups is 2. The zero-order valence-corrected chi connectivity index (χ0v) is 22.1. The number of anilines is 2. The first-order chi connectivity index (χ1) is 16.5. The van der Waals surface area contributed by atoms with E-state index in [2.05, 4.69) is 44.0 Å². The lowest BCUT2D eigenvalue weighted by molar-refractivity contribution is -0.122. The number of allylic oxidation sites excluding steroid dienone is 1. The van der Waals surface area contributed by atoms with Crippen LogP contribution in [0.5, 0.6) is 5.75 Å². The molecular weight excluding hydrogens is 458 g/mol. The van der Waals surface area contributed by atoms with Crippen LogP contribution >= 0.6 is 12.2 Å². The van der Waals surface area contributed by atoms with Crippen LogP contribution < -0.4 is 19.9 Å². The number of ether oxygens (including phenoxy) is 1. The lowest BCUT2D eigenvalue weighted by atomic mass is 9.87. The van der Waals surface area contributed by atoms with Crippen LogP contribution in [0.4, 0.5) is 11.4 Å². The summed E-state index contributed by atoms with van der Waals surface area (Å²) in [7, 11) is 1.59. The van der Waals surface area contributed by atoms with Crippen molar-refractivity contribution >= 4 is 52.2 Å². The number of thiocarbonyl (C=S) groups is 1. The van der Waals surface area contributed by atoms with Crippen LogP contribution in [0.3, 0.4) is 0 Å². The molecule has 2 heterocycles. The van der Waals surface area contributed by atoms with Crippen LogP contribution in [0.2, 0.25) is 0 Å². The maximum Gasteiger partial charge on any atom is 0.270 e. The Hall–Kier alpha value is -3.45. The molecule has 1 saturated heterocycles. The average Bonchev–Trinajstić information content (AvgIpc) is 2.77. The highest BCUT2D eigenvalue weighted by Gasteiger charge is 2.36. The van der Waals surface area contributed by atoms with Gasteiger partial charge >= 0.3 is 0 Å². The molecular formula is C28H31N3O3S. The van der Waals surface area contributed by atoms with Gasteiger partial charge in [0.25, 0.3) is 11.8 Å². The monoisotopic (exact) mass is 489 g/mol. The van der Waals surface area contributed by atoms with E-state index < -0.39 is 11.8 Å². The summed E-state index contributed by atoms with van der Waals surface area (Å²) in [5, 5.41) is 2.75. The lowest BCUT2D eigenvalue weighted by Crippen LogP contribution is -2.54. The van der Waals surface area contributed by atoms with Gasteiger partial charge in [-0.2, -0.15) is 0 Å². The molecule has 0 atom stereocenters. The molecule has 0 radical (unpaired) electrons. The minimum atomic E-state index is -0.524. The largest absolute Gasteiger partial charge is 0.496 e. The van der Waals surface area contributed by atoms with E-state index in [0.29, 0.717) is 17.0 Å².